The van der Waals surface area contributed by atoms with Crippen LogP contribution >= 0.6 is 0 Å². The van der Waals surface area contributed by atoms with Gasteiger partial charge in [0, 0.05) is 5.92 Å². The number of rotatable bonds is 8. The highest BCUT2D eigenvalue weighted by Crippen LogP contribution is 2.14. The van der Waals surface area contributed by atoms with Gasteiger partial charge in [-0.3, -0.25) is 0 Å². The van der Waals surface area contributed by atoms with Crippen molar-refractivity contribution < 1.29 is 0 Å². The van der Waals surface area contributed by atoms with Gasteiger partial charge in [0.1, 0.15) is 0 Å². The van der Waals surface area contributed by atoms with Crippen LogP contribution in [0.1, 0.15) is 65.7 Å². The highest BCUT2D eigenvalue weighted by Gasteiger charge is 2.00. The lowest BCUT2D eigenvalue weighted by atomic mass is 9.99. The number of unbranched alkanes of at least 4 members (excludes halogenated alkanes) is 3. The van der Waals surface area contributed by atoms with Gasteiger partial charge in [0.15, 0.2) is 0 Å². The summed E-state index contributed by atoms with van der Waals surface area (Å²) in [6.45, 7) is 6.61. The first-order chi connectivity index (χ1) is 6.70. The topological polar surface area (TPSA) is 23.8 Å². The lowest BCUT2D eigenvalue weighted by molar-refractivity contribution is 0.467. The molecule has 0 aliphatic heterocycles. The van der Waals surface area contributed by atoms with Crippen LogP contribution < -0.4 is 0 Å². The summed E-state index contributed by atoms with van der Waals surface area (Å²) < 4.78 is 0. The molecule has 0 heterocycles. The predicted molar refractivity (Wildman–Crippen MR) is 61.9 cm³/mol. The summed E-state index contributed by atoms with van der Waals surface area (Å²) in [5, 5.41) is 8.59. The smallest absolute Gasteiger partial charge is 0.0652 e. The van der Waals surface area contributed by atoms with Gasteiger partial charge in [-0.2, -0.15) is 5.26 Å². The number of hydrogen-bond acceptors (Lipinski definition) is 1. The number of nitrogens with zero attached hydrogens (tertiary/aromatic N) is 1. The molecule has 0 amide bonds. The summed E-state index contributed by atoms with van der Waals surface area (Å²) in [4.78, 5) is 0. The zero-order chi connectivity index (χ0) is 10.8. The maximum Gasteiger partial charge on any atom is 0.0652 e. The van der Waals surface area contributed by atoms with E-state index >= 15 is 0 Å². The third kappa shape index (κ3) is 8.10. The van der Waals surface area contributed by atoms with Gasteiger partial charge in [-0.1, -0.05) is 52.4 Å². The van der Waals surface area contributed by atoms with Crippen molar-refractivity contribution >= 4 is 0 Å². The van der Waals surface area contributed by atoms with Gasteiger partial charge in [-0.15, -0.1) is 0 Å². The Morgan fingerprint density at radius 1 is 1.00 bits per heavy atom. The molecule has 0 radical (unpaired) electrons. The highest BCUT2D eigenvalue weighted by molar-refractivity contribution is 4.77. The molecule has 0 aliphatic rings. The van der Waals surface area contributed by atoms with Crippen LogP contribution in [-0.4, -0.2) is 0 Å². The van der Waals surface area contributed by atoms with Crippen molar-refractivity contribution in [2.45, 2.75) is 65.7 Å². The molecule has 0 aromatic carbocycles. The third-order valence-electron chi connectivity index (χ3n) is 3.00. The van der Waals surface area contributed by atoms with E-state index in [1.165, 1.54) is 38.5 Å². The minimum atomic E-state index is 0.254. The molecular weight excluding hydrogens is 170 g/mol. The van der Waals surface area contributed by atoms with Gasteiger partial charge in [-0.25, -0.2) is 0 Å². The molecule has 0 spiro atoms. The molecule has 0 rings (SSSR count). The fourth-order valence-electron chi connectivity index (χ4n) is 1.57. The van der Waals surface area contributed by atoms with Crippen LogP contribution in [0.15, 0.2) is 0 Å². The molecule has 2 atom stereocenters. The van der Waals surface area contributed by atoms with Gasteiger partial charge in [-0.05, 0) is 19.3 Å². The van der Waals surface area contributed by atoms with Crippen molar-refractivity contribution in [3.8, 4) is 6.07 Å². The minimum absolute atomic E-state index is 0.254. The normalized spacial score (nSPS) is 14.7. The highest BCUT2D eigenvalue weighted by atomic mass is 14.3. The average molecular weight is 195 g/mol. The summed E-state index contributed by atoms with van der Waals surface area (Å²) in [5.74, 6) is 1.15. The van der Waals surface area contributed by atoms with E-state index in [-0.39, 0.29) is 5.92 Å². The van der Waals surface area contributed by atoms with E-state index < -0.39 is 0 Å². The van der Waals surface area contributed by atoms with Crippen molar-refractivity contribution in [3.63, 3.8) is 0 Å². The SMILES string of the molecule is CCC(C)CCCCCCC(C)C#N. The van der Waals surface area contributed by atoms with Gasteiger partial charge in [0.25, 0.3) is 0 Å². The second kappa shape index (κ2) is 9.06. The third-order valence-corrected chi connectivity index (χ3v) is 3.00. The van der Waals surface area contributed by atoms with E-state index in [1.807, 2.05) is 6.92 Å². The summed E-state index contributed by atoms with van der Waals surface area (Å²) in [7, 11) is 0. The summed E-state index contributed by atoms with van der Waals surface area (Å²) >= 11 is 0. The molecule has 1 nitrogen and oxygen atoms in total. The lowest BCUT2D eigenvalue weighted by Gasteiger charge is -2.07. The van der Waals surface area contributed by atoms with Crippen LogP contribution in [0.2, 0.25) is 0 Å². The predicted octanol–water partition coefficient (Wildman–Crippen LogP) is 4.53. The van der Waals surface area contributed by atoms with E-state index in [4.69, 9.17) is 5.26 Å². The summed E-state index contributed by atoms with van der Waals surface area (Å²) in [5.41, 5.74) is 0. The summed E-state index contributed by atoms with van der Waals surface area (Å²) in [6, 6.07) is 2.28. The van der Waals surface area contributed by atoms with E-state index in [2.05, 4.69) is 19.9 Å². The zero-order valence-corrected chi connectivity index (χ0v) is 10.1. The van der Waals surface area contributed by atoms with Gasteiger partial charge in [0.2, 0.25) is 0 Å². The second-order valence-electron chi connectivity index (χ2n) is 4.54. The van der Waals surface area contributed by atoms with Crippen molar-refractivity contribution in [1.29, 1.82) is 5.26 Å². The second-order valence-corrected chi connectivity index (χ2v) is 4.54. The van der Waals surface area contributed by atoms with E-state index in [0.29, 0.717) is 0 Å². The van der Waals surface area contributed by atoms with Crippen LogP contribution in [0, 0.1) is 23.2 Å². The largest absolute Gasteiger partial charge is 0.198 e. The Bertz CT molecular complexity index is 157. The molecule has 0 fully saturated rings. The molecule has 14 heavy (non-hydrogen) atoms. The van der Waals surface area contributed by atoms with Gasteiger partial charge in [0.05, 0.1) is 6.07 Å². The zero-order valence-electron chi connectivity index (χ0n) is 10.1. The Morgan fingerprint density at radius 3 is 2.07 bits per heavy atom. The number of hydrogen-bond donors (Lipinski definition) is 0. The molecule has 1 heteroatoms. The quantitative estimate of drug-likeness (QED) is 0.522. The first kappa shape index (κ1) is 13.5. The monoisotopic (exact) mass is 195 g/mol. The van der Waals surface area contributed by atoms with Crippen molar-refractivity contribution in [2.75, 3.05) is 0 Å². The minimum Gasteiger partial charge on any atom is -0.198 e. The lowest BCUT2D eigenvalue weighted by Crippen LogP contribution is -1.93. The van der Waals surface area contributed by atoms with Gasteiger partial charge < -0.3 is 0 Å². The standard InChI is InChI=1S/C13H25N/c1-4-12(2)9-7-5-6-8-10-13(3)11-14/h12-13H,4-10H2,1-3H3. The van der Waals surface area contributed by atoms with Crippen LogP contribution in [0.4, 0.5) is 0 Å². The Hall–Kier alpha value is -0.510. The molecule has 82 valence electrons. The molecule has 0 aromatic heterocycles. The van der Waals surface area contributed by atoms with Crippen molar-refractivity contribution in [2.24, 2.45) is 11.8 Å². The molecule has 0 saturated heterocycles. The molecule has 0 bridgehead atoms. The van der Waals surface area contributed by atoms with Crippen LogP contribution in [0.25, 0.3) is 0 Å². The maximum absolute atomic E-state index is 8.59. The van der Waals surface area contributed by atoms with E-state index in [9.17, 15) is 0 Å². The van der Waals surface area contributed by atoms with Crippen molar-refractivity contribution in [1.82, 2.24) is 0 Å². The first-order valence-corrected chi connectivity index (χ1v) is 6.10. The average Bonchev–Trinajstić information content (AvgIpc) is 2.22. The Kier molecular flexibility index (Phi) is 8.73. The fraction of sp³-hybridized carbons (Fsp3) is 0.923. The van der Waals surface area contributed by atoms with E-state index in [1.54, 1.807) is 0 Å². The fourth-order valence-corrected chi connectivity index (χ4v) is 1.57. The molecule has 2 unspecified atom stereocenters. The van der Waals surface area contributed by atoms with E-state index in [0.717, 1.165) is 12.3 Å². The Labute approximate surface area is 89.5 Å². The van der Waals surface area contributed by atoms with Crippen molar-refractivity contribution in [3.05, 3.63) is 0 Å². The van der Waals surface area contributed by atoms with Gasteiger partial charge >= 0.3 is 0 Å². The molecular formula is C13H25N. The molecule has 0 N–H and O–H groups in total. The van der Waals surface area contributed by atoms with Crippen LogP contribution in [-0.2, 0) is 0 Å². The molecule has 0 aliphatic carbocycles. The maximum atomic E-state index is 8.59. The summed E-state index contributed by atoms with van der Waals surface area (Å²) in [6.07, 6.45) is 9.03. The Morgan fingerprint density at radius 2 is 1.57 bits per heavy atom. The van der Waals surface area contributed by atoms with Crippen LogP contribution in [0.5, 0.6) is 0 Å². The number of nitriles is 1. The van der Waals surface area contributed by atoms with Crippen LogP contribution in [0.3, 0.4) is 0 Å². The Balaban J connectivity index is 3.11. The first-order valence-electron chi connectivity index (χ1n) is 6.10. The molecule has 0 aromatic rings. The molecule has 0 saturated carbocycles.